The summed E-state index contributed by atoms with van der Waals surface area (Å²) in [6.45, 7) is 0. The van der Waals surface area contributed by atoms with E-state index in [1.165, 1.54) is 0 Å². The molecule has 0 aliphatic heterocycles. The molecule has 3 aromatic carbocycles. The molecule has 22 heavy (non-hydrogen) atoms. The lowest BCUT2D eigenvalue weighted by molar-refractivity contribution is -0.116. The average Bonchev–Trinajstić information content (AvgIpc) is 2.53. The number of hydrogen-bond acceptors (Lipinski definition) is 2. The molecule has 0 spiro atoms. The van der Waals surface area contributed by atoms with Gasteiger partial charge in [-0.3, -0.25) is 4.79 Å². The summed E-state index contributed by atoms with van der Waals surface area (Å²) < 4.78 is 0. The number of hydrogen-bond donors (Lipinski definition) is 2. The molecule has 110 valence electrons. The zero-order chi connectivity index (χ0) is 15.4. The van der Waals surface area contributed by atoms with Crippen molar-refractivity contribution in [2.75, 3.05) is 11.1 Å². The van der Waals surface area contributed by atoms with E-state index in [9.17, 15) is 4.79 Å². The van der Waals surface area contributed by atoms with Crippen molar-refractivity contribution in [2.24, 2.45) is 0 Å². The molecule has 0 aliphatic carbocycles. The van der Waals surface area contributed by atoms with Gasteiger partial charge in [0, 0.05) is 23.2 Å². The lowest BCUT2D eigenvalue weighted by Gasteiger charge is -2.09. The number of carbonyl (C=O) groups is 1. The smallest absolute Gasteiger partial charge is 0.224 e. The lowest BCUT2D eigenvalue weighted by atomic mass is 10.1. The Hall–Kier alpha value is -2.81. The van der Waals surface area contributed by atoms with Crippen LogP contribution in [0.5, 0.6) is 0 Å². The third-order valence-corrected chi connectivity index (χ3v) is 3.66. The minimum absolute atomic E-state index is 0.0128. The van der Waals surface area contributed by atoms with E-state index in [1.54, 1.807) is 0 Å². The summed E-state index contributed by atoms with van der Waals surface area (Å²) in [5, 5.41) is 5.18. The fourth-order valence-corrected chi connectivity index (χ4v) is 2.55. The summed E-state index contributed by atoms with van der Waals surface area (Å²) in [5.74, 6) is 0.0128. The minimum Gasteiger partial charge on any atom is -0.399 e. The molecule has 3 N–H and O–H groups in total. The SMILES string of the molecule is Nc1cccc(CCC(=O)Nc2cccc3ccccc23)c1. The molecule has 0 aliphatic rings. The van der Waals surface area contributed by atoms with Crippen LogP contribution in [-0.2, 0) is 11.2 Å². The number of amides is 1. The molecule has 0 aromatic heterocycles. The minimum atomic E-state index is 0.0128. The van der Waals surface area contributed by atoms with Crippen LogP contribution in [0.2, 0.25) is 0 Å². The van der Waals surface area contributed by atoms with Crippen molar-refractivity contribution >= 4 is 28.1 Å². The van der Waals surface area contributed by atoms with Crippen LogP contribution in [-0.4, -0.2) is 5.91 Å². The topological polar surface area (TPSA) is 55.1 Å². The van der Waals surface area contributed by atoms with E-state index in [0.717, 1.165) is 27.7 Å². The van der Waals surface area contributed by atoms with Crippen molar-refractivity contribution in [3.05, 3.63) is 72.3 Å². The summed E-state index contributed by atoms with van der Waals surface area (Å²) in [6, 6.07) is 21.6. The molecule has 0 unspecified atom stereocenters. The Bertz CT molecular complexity index is 806. The van der Waals surface area contributed by atoms with Gasteiger partial charge in [-0.15, -0.1) is 0 Å². The van der Waals surface area contributed by atoms with Gasteiger partial charge in [0.15, 0.2) is 0 Å². The van der Waals surface area contributed by atoms with Crippen molar-refractivity contribution in [3.8, 4) is 0 Å². The van der Waals surface area contributed by atoms with Crippen LogP contribution >= 0.6 is 0 Å². The number of nitrogen functional groups attached to an aromatic ring is 1. The van der Waals surface area contributed by atoms with E-state index in [2.05, 4.69) is 5.32 Å². The van der Waals surface area contributed by atoms with Gasteiger partial charge < -0.3 is 11.1 Å². The second-order valence-electron chi connectivity index (χ2n) is 5.32. The Morgan fingerprint density at radius 2 is 1.73 bits per heavy atom. The van der Waals surface area contributed by atoms with Crippen LogP contribution in [0.1, 0.15) is 12.0 Å². The summed E-state index contributed by atoms with van der Waals surface area (Å²) in [6.07, 6.45) is 1.12. The maximum absolute atomic E-state index is 12.2. The molecule has 1 amide bonds. The standard InChI is InChI=1S/C19H18N2O/c20-16-8-3-5-14(13-16)11-12-19(22)21-18-10-4-7-15-6-1-2-9-17(15)18/h1-10,13H,11-12,20H2,(H,21,22). The zero-order valence-electron chi connectivity index (χ0n) is 12.3. The van der Waals surface area contributed by atoms with E-state index in [-0.39, 0.29) is 5.91 Å². The first kappa shape index (κ1) is 14.1. The quantitative estimate of drug-likeness (QED) is 0.714. The van der Waals surface area contributed by atoms with Gasteiger partial charge >= 0.3 is 0 Å². The third kappa shape index (κ3) is 3.26. The predicted molar refractivity (Wildman–Crippen MR) is 91.8 cm³/mol. The highest BCUT2D eigenvalue weighted by Crippen LogP contribution is 2.23. The van der Waals surface area contributed by atoms with Crippen molar-refractivity contribution in [1.82, 2.24) is 0 Å². The summed E-state index contributed by atoms with van der Waals surface area (Å²) in [7, 11) is 0. The van der Waals surface area contributed by atoms with Gasteiger partial charge in [0.1, 0.15) is 0 Å². The molecule has 0 fully saturated rings. The van der Waals surface area contributed by atoms with E-state index in [0.29, 0.717) is 12.8 Å². The number of fused-ring (bicyclic) bond motifs is 1. The molecule has 3 nitrogen and oxygen atoms in total. The normalized spacial score (nSPS) is 10.5. The van der Waals surface area contributed by atoms with Crippen LogP contribution in [0.3, 0.4) is 0 Å². The molecule has 0 radical (unpaired) electrons. The zero-order valence-corrected chi connectivity index (χ0v) is 12.3. The molecule has 0 heterocycles. The molecule has 0 atom stereocenters. The Labute approximate surface area is 129 Å². The maximum Gasteiger partial charge on any atom is 0.224 e. The number of anilines is 2. The Kier molecular flexibility index (Phi) is 4.05. The highest BCUT2D eigenvalue weighted by molar-refractivity contribution is 6.02. The first-order valence-electron chi connectivity index (χ1n) is 7.34. The first-order chi connectivity index (χ1) is 10.7. The van der Waals surface area contributed by atoms with Crippen LogP contribution in [0.25, 0.3) is 10.8 Å². The number of rotatable bonds is 4. The number of carbonyl (C=O) groups excluding carboxylic acids is 1. The van der Waals surface area contributed by atoms with Crippen molar-refractivity contribution in [1.29, 1.82) is 0 Å². The Morgan fingerprint density at radius 3 is 2.59 bits per heavy atom. The first-order valence-corrected chi connectivity index (χ1v) is 7.34. The van der Waals surface area contributed by atoms with Gasteiger partial charge in [0.25, 0.3) is 0 Å². The summed E-state index contributed by atoms with van der Waals surface area (Å²) >= 11 is 0. The highest BCUT2D eigenvalue weighted by Gasteiger charge is 2.06. The third-order valence-electron chi connectivity index (χ3n) is 3.66. The molecular formula is C19H18N2O. The molecule has 3 aromatic rings. The summed E-state index contributed by atoms with van der Waals surface area (Å²) in [5.41, 5.74) is 8.41. The van der Waals surface area contributed by atoms with Gasteiger partial charge in [0.2, 0.25) is 5.91 Å². The molecule has 0 saturated heterocycles. The van der Waals surface area contributed by atoms with Gasteiger partial charge in [-0.05, 0) is 35.6 Å². The van der Waals surface area contributed by atoms with E-state index in [4.69, 9.17) is 5.73 Å². The van der Waals surface area contributed by atoms with Crippen molar-refractivity contribution in [3.63, 3.8) is 0 Å². The van der Waals surface area contributed by atoms with E-state index < -0.39 is 0 Å². The second-order valence-corrected chi connectivity index (χ2v) is 5.32. The van der Waals surface area contributed by atoms with E-state index >= 15 is 0 Å². The molecular weight excluding hydrogens is 272 g/mol. The fourth-order valence-electron chi connectivity index (χ4n) is 2.55. The number of benzene rings is 3. The highest BCUT2D eigenvalue weighted by atomic mass is 16.1. The Balaban J connectivity index is 1.68. The van der Waals surface area contributed by atoms with Gasteiger partial charge in [-0.25, -0.2) is 0 Å². The number of nitrogens with two attached hydrogens (primary N) is 1. The largest absolute Gasteiger partial charge is 0.399 e. The van der Waals surface area contributed by atoms with Crippen molar-refractivity contribution < 1.29 is 4.79 Å². The molecule has 0 bridgehead atoms. The predicted octanol–water partition coefficient (Wildman–Crippen LogP) is 3.99. The van der Waals surface area contributed by atoms with Gasteiger partial charge in [0.05, 0.1) is 0 Å². The monoisotopic (exact) mass is 290 g/mol. The van der Waals surface area contributed by atoms with Gasteiger partial charge in [-0.2, -0.15) is 0 Å². The van der Waals surface area contributed by atoms with Crippen LogP contribution < -0.4 is 11.1 Å². The van der Waals surface area contributed by atoms with Crippen LogP contribution in [0.15, 0.2) is 66.7 Å². The number of nitrogens with one attached hydrogen (secondary N) is 1. The fraction of sp³-hybridized carbons (Fsp3) is 0.105. The second kappa shape index (κ2) is 6.31. The molecule has 0 saturated carbocycles. The van der Waals surface area contributed by atoms with Crippen molar-refractivity contribution in [2.45, 2.75) is 12.8 Å². The van der Waals surface area contributed by atoms with Gasteiger partial charge in [-0.1, -0.05) is 48.5 Å². The Morgan fingerprint density at radius 1 is 0.955 bits per heavy atom. The van der Waals surface area contributed by atoms with Crippen LogP contribution in [0.4, 0.5) is 11.4 Å². The molecule has 3 rings (SSSR count). The maximum atomic E-state index is 12.2. The van der Waals surface area contributed by atoms with E-state index in [1.807, 2.05) is 66.7 Å². The average molecular weight is 290 g/mol. The summed E-state index contributed by atoms with van der Waals surface area (Å²) in [4.78, 5) is 12.2. The van der Waals surface area contributed by atoms with Crippen LogP contribution in [0, 0.1) is 0 Å². The number of aryl methyl sites for hydroxylation is 1. The molecule has 3 heteroatoms. The lowest BCUT2D eigenvalue weighted by Crippen LogP contribution is -2.12.